The first kappa shape index (κ1) is 11.4. The van der Waals surface area contributed by atoms with E-state index in [9.17, 15) is 4.79 Å². The Bertz CT molecular complexity index is 145. The average Bonchev–Trinajstić information content (AvgIpc) is 2.02. The fourth-order valence-corrected chi connectivity index (χ4v) is 0.604. The minimum atomic E-state index is -0.209. The van der Waals surface area contributed by atoms with Gasteiger partial charge in [0, 0.05) is 6.04 Å². The summed E-state index contributed by atoms with van der Waals surface area (Å²) in [6.07, 6.45) is 0.843. The van der Waals surface area contributed by atoms with Crippen LogP contribution in [-0.2, 0) is 9.53 Å². The molecule has 0 radical (unpaired) electrons. The Labute approximate surface area is 74.3 Å². The Morgan fingerprint density at radius 1 is 1.42 bits per heavy atom. The standard InChI is InChI=1S/C9H19NO2/c1-5-6(2)12-9(11)7(3)8(4)10/h6-8H,5,10H2,1-4H3. The van der Waals surface area contributed by atoms with Crippen molar-refractivity contribution < 1.29 is 9.53 Å². The smallest absolute Gasteiger partial charge is 0.310 e. The normalized spacial score (nSPS) is 18.1. The molecule has 0 amide bonds. The second-order valence-corrected chi connectivity index (χ2v) is 3.30. The van der Waals surface area contributed by atoms with Crippen molar-refractivity contribution in [2.45, 2.75) is 46.3 Å². The molecule has 0 aromatic carbocycles. The molecule has 3 nitrogen and oxygen atoms in total. The molecule has 0 aliphatic carbocycles. The number of hydrogen-bond acceptors (Lipinski definition) is 3. The van der Waals surface area contributed by atoms with Crippen LogP contribution in [0.25, 0.3) is 0 Å². The van der Waals surface area contributed by atoms with Gasteiger partial charge in [-0.3, -0.25) is 4.79 Å². The first-order chi connectivity index (χ1) is 5.49. The Hall–Kier alpha value is -0.570. The summed E-state index contributed by atoms with van der Waals surface area (Å²) in [7, 11) is 0. The highest BCUT2D eigenvalue weighted by atomic mass is 16.5. The van der Waals surface area contributed by atoms with Crippen LogP contribution in [-0.4, -0.2) is 18.1 Å². The maximum absolute atomic E-state index is 11.3. The summed E-state index contributed by atoms with van der Waals surface area (Å²) in [6, 6.07) is -0.137. The lowest BCUT2D eigenvalue weighted by Crippen LogP contribution is -2.33. The molecule has 0 saturated heterocycles. The highest BCUT2D eigenvalue weighted by molar-refractivity contribution is 5.72. The minimum absolute atomic E-state index is 0.00120. The Balaban J connectivity index is 3.87. The summed E-state index contributed by atoms with van der Waals surface area (Å²) >= 11 is 0. The van der Waals surface area contributed by atoms with Crippen molar-refractivity contribution >= 4 is 5.97 Å². The maximum Gasteiger partial charge on any atom is 0.310 e. The lowest BCUT2D eigenvalue weighted by atomic mass is 10.1. The molecule has 0 fully saturated rings. The van der Waals surface area contributed by atoms with Gasteiger partial charge in [-0.15, -0.1) is 0 Å². The van der Waals surface area contributed by atoms with Crippen molar-refractivity contribution in [3.05, 3.63) is 0 Å². The van der Waals surface area contributed by atoms with Gasteiger partial charge in [0.05, 0.1) is 12.0 Å². The van der Waals surface area contributed by atoms with Gasteiger partial charge < -0.3 is 10.5 Å². The van der Waals surface area contributed by atoms with E-state index < -0.39 is 0 Å². The van der Waals surface area contributed by atoms with E-state index in [1.54, 1.807) is 6.92 Å². The highest BCUT2D eigenvalue weighted by Crippen LogP contribution is 2.06. The van der Waals surface area contributed by atoms with Crippen LogP contribution in [0.2, 0.25) is 0 Å². The van der Waals surface area contributed by atoms with Gasteiger partial charge in [0.15, 0.2) is 0 Å². The van der Waals surface area contributed by atoms with Gasteiger partial charge >= 0.3 is 5.97 Å². The molecule has 0 rings (SSSR count). The van der Waals surface area contributed by atoms with Crippen LogP contribution in [0.1, 0.15) is 34.1 Å². The molecule has 3 unspecified atom stereocenters. The van der Waals surface area contributed by atoms with Crippen molar-refractivity contribution in [1.29, 1.82) is 0 Å². The van der Waals surface area contributed by atoms with Crippen molar-refractivity contribution in [1.82, 2.24) is 0 Å². The van der Waals surface area contributed by atoms with Crippen LogP contribution in [0.4, 0.5) is 0 Å². The van der Waals surface area contributed by atoms with Crippen LogP contribution in [0, 0.1) is 5.92 Å². The average molecular weight is 173 g/mol. The Morgan fingerprint density at radius 3 is 2.25 bits per heavy atom. The lowest BCUT2D eigenvalue weighted by Gasteiger charge is -2.17. The van der Waals surface area contributed by atoms with E-state index in [0.717, 1.165) is 6.42 Å². The summed E-state index contributed by atoms with van der Waals surface area (Å²) in [5, 5.41) is 0. The monoisotopic (exact) mass is 173 g/mol. The van der Waals surface area contributed by atoms with Crippen molar-refractivity contribution in [2.24, 2.45) is 11.7 Å². The molecule has 0 spiro atoms. The zero-order chi connectivity index (χ0) is 9.72. The second kappa shape index (κ2) is 5.14. The topological polar surface area (TPSA) is 52.3 Å². The van der Waals surface area contributed by atoms with Gasteiger partial charge in [0.2, 0.25) is 0 Å². The molecular formula is C9H19NO2. The van der Waals surface area contributed by atoms with Gasteiger partial charge in [0.25, 0.3) is 0 Å². The summed E-state index contributed by atoms with van der Waals surface area (Å²) in [6.45, 7) is 7.46. The van der Waals surface area contributed by atoms with E-state index in [1.165, 1.54) is 0 Å². The summed E-state index contributed by atoms with van der Waals surface area (Å²) in [4.78, 5) is 11.3. The van der Waals surface area contributed by atoms with Gasteiger partial charge in [0.1, 0.15) is 0 Å². The zero-order valence-electron chi connectivity index (χ0n) is 8.33. The van der Waals surface area contributed by atoms with E-state index in [4.69, 9.17) is 10.5 Å². The molecule has 0 aliphatic heterocycles. The maximum atomic E-state index is 11.3. The van der Waals surface area contributed by atoms with Crippen LogP contribution >= 0.6 is 0 Å². The number of rotatable bonds is 4. The van der Waals surface area contributed by atoms with E-state index in [-0.39, 0.29) is 24.0 Å². The molecule has 2 N–H and O–H groups in total. The molecular weight excluding hydrogens is 154 g/mol. The van der Waals surface area contributed by atoms with Crippen LogP contribution in [0.15, 0.2) is 0 Å². The largest absolute Gasteiger partial charge is 0.462 e. The lowest BCUT2D eigenvalue weighted by molar-refractivity contribution is -0.153. The SMILES string of the molecule is CCC(C)OC(=O)C(C)C(C)N. The Kier molecular flexibility index (Phi) is 4.90. The number of carbonyl (C=O) groups is 1. The molecule has 0 aliphatic rings. The molecule has 0 aromatic rings. The third-order valence-electron chi connectivity index (χ3n) is 2.05. The summed E-state index contributed by atoms with van der Waals surface area (Å²) in [5.74, 6) is -0.404. The number of carbonyl (C=O) groups excluding carboxylic acids is 1. The van der Waals surface area contributed by atoms with Gasteiger partial charge in [-0.05, 0) is 20.3 Å². The first-order valence-electron chi connectivity index (χ1n) is 4.45. The fourth-order valence-electron chi connectivity index (χ4n) is 0.604. The highest BCUT2D eigenvalue weighted by Gasteiger charge is 2.19. The molecule has 0 aromatic heterocycles. The van der Waals surface area contributed by atoms with Crippen molar-refractivity contribution in [3.8, 4) is 0 Å². The van der Waals surface area contributed by atoms with Gasteiger partial charge in [-0.25, -0.2) is 0 Å². The third kappa shape index (κ3) is 3.72. The molecule has 12 heavy (non-hydrogen) atoms. The number of nitrogens with two attached hydrogens (primary N) is 1. The van der Waals surface area contributed by atoms with Crippen LogP contribution < -0.4 is 5.73 Å². The zero-order valence-corrected chi connectivity index (χ0v) is 8.33. The van der Waals surface area contributed by atoms with E-state index in [2.05, 4.69) is 0 Å². The van der Waals surface area contributed by atoms with Gasteiger partial charge in [-0.1, -0.05) is 13.8 Å². The Morgan fingerprint density at radius 2 is 1.92 bits per heavy atom. The van der Waals surface area contributed by atoms with Crippen LogP contribution in [0.3, 0.4) is 0 Å². The summed E-state index contributed by atoms with van der Waals surface area (Å²) < 4.78 is 5.10. The molecule has 72 valence electrons. The molecule has 3 atom stereocenters. The molecule has 0 saturated carbocycles. The van der Waals surface area contributed by atoms with Crippen molar-refractivity contribution in [2.75, 3.05) is 0 Å². The van der Waals surface area contributed by atoms with E-state index in [1.807, 2.05) is 20.8 Å². The second-order valence-electron chi connectivity index (χ2n) is 3.30. The quantitative estimate of drug-likeness (QED) is 0.652. The third-order valence-corrected chi connectivity index (χ3v) is 2.05. The summed E-state index contributed by atoms with van der Waals surface area (Å²) in [5.41, 5.74) is 5.55. The van der Waals surface area contributed by atoms with Crippen molar-refractivity contribution in [3.63, 3.8) is 0 Å². The van der Waals surface area contributed by atoms with Gasteiger partial charge in [-0.2, -0.15) is 0 Å². The fraction of sp³-hybridized carbons (Fsp3) is 0.889. The number of ether oxygens (including phenoxy) is 1. The van der Waals surface area contributed by atoms with E-state index in [0.29, 0.717) is 0 Å². The molecule has 3 heteroatoms. The predicted octanol–water partition coefficient (Wildman–Crippen LogP) is 1.31. The van der Waals surface area contributed by atoms with Crippen LogP contribution in [0.5, 0.6) is 0 Å². The molecule has 0 heterocycles. The minimum Gasteiger partial charge on any atom is -0.462 e. The number of esters is 1. The number of hydrogen-bond donors (Lipinski definition) is 1. The first-order valence-corrected chi connectivity index (χ1v) is 4.45. The molecule has 0 bridgehead atoms. The predicted molar refractivity (Wildman–Crippen MR) is 48.7 cm³/mol. The van der Waals surface area contributed by atoms with E-state index >= 15 is 0 Å².